The van der Waals surface area contributed by atoms with Crippen molar-refractivity contribution in [2.24, 2.45) is 13.0 Å². The van der Waals surface area contributed by atoms with Gasteiger partial charge in [0.05, 0.1) is 0 Å². The predicted molar refractivity (Wildman–Crippen MR) is 84.1 cm³/mol. The van der Waals surface area contributed by atoms with Gasteiger partial charge in [0.15, 0.2) is 0 Å². The summed E-state index contributed by atoms with van der Waals surface area (Å²) in [5.41, 5.74) is 2.64. The molecule has 0 saturated heterocycles. The largest absolute Gasteiger partial charge is 0.319 e. The molecule has 0 bridgehead atoms. The van der Waals surface area contributed by atoms with E-state index >= 15 is 0 Å². The first-order chi connectivity index (χ1) is 9.69. The monoisotopic (exact) mass is 291 g/mol. The van der Waals surface area contributed by atoms with Crippen LogP contribution in [-0.4, -0.2) is 23.4 Å². The predicted octanol–water partition coefficient (Wildman–Crippen LogP) is 3.08. The maximum Gasteiger partial charge on any atom is 0.0492 e. The van der Waals surface area contributed by atoms with Crippen molar-refractivity contribution in [3.05, 3.63) is 52.8 Å². The molecular formula is C16H22ClN3. The molecule has 2 rings (SSSR count). The molecule has 0 aliphatic heterocycles. The Morgan fingerprint density at radius 1 is 1.25 bits per heavy atom. The highest BCUT2D eigenvalue weighted by Gasteiger charge is 2.10. The highest BCUT2D eigenvalue weighted by molar-refractivity contribution is 6.30. The summed E-state index contributed by atoms with van der Waals surface area (Å²) in [6, 6.07) is 10.3. The minimum absolute atomic E-state index is 0.621. The molecule has 0 spiro atoms. The van der Waals surface area contributed by atoms with E-state index in [1.165, 1.54) is 11.3 Å². The van der Waals surface area contributed by atoms with Gasteiger partial charge < -0.3 is 5.32 Å². The number of halogens is 1. The molecular weight excluding hydrogens is 270 g/mol. The lowest BCUT2D eigenvalue weighted by Gasteiger charge is -2.16. The second kappa shape index (κ2) is 7.46. The van der Waals surface area contributed by atoms with Crippen molar-refractivity contribution in [1.82, 2.24) is 15.1 Å². The zero-order valence-corrected chi connectivity index (χ0v) is 12.9. The average Bonchev–Trinajstić information content (AvgIpc) is 2.84. The highest BCUT2D eigenvalue weighted by atomic mass is 35.5. The summed E-state index contributed by atoms with van der Waals surface area (Å²) in [5, 5.41) is 8.32. The minimum atomic E-state index is 0.621. The number of aromatic nitrogens is 2. The van der Waals surface area contributed by atoms with Crippen molar-refractivity contribution in [1.29, 1.82) is 0 Å². The summed E-state index contributed by atoms with van der Waals surface area (Å²) in [7, 11) is 4.01. The number of aryl methyl sites for hydroxylation is 2. The van der Waals surface area contributed by atoms with E-state index in [1.54, 1.807) is 0 Å². The molecule has 1 atom stereocenters. The van der Waals surface area contributed by atoms with Gasteiger partial charge in [0.2, 0.25) is 0 Å². The Morgan fingerprint density at radius 2 is 2.00 bits per heavy atom. The highest BCUT2D eigenvalue weighted by Crippen LogP contribution is 2.17. The number of rotatable bonds is 7. The normalized spacial score (nSPS) is 12.6. The van der Waals surface area contributed by atoms with E-state index in [4.69, 9.17) is 11.6 Å². The van der Waals surface area contributed by atoms with E-state index < -0.39 is 0 Å². The lowest BCUT2D eigenvalue weighted by atomic mass is 9.94. The van der Waals surface area contributed by atoms with Gasteiger partial charge in [-0.1, -0.05) is 23.7 Å². The Labute approximate surface area is 126 Å². The summed E-state index contributed by atoms with van der Waals surface area (Å²) in [4.78, 5) is 0. The third-order valence-corrected chi connectivity index (χ3v) is 3.91. The Balaban J connectivity index is 1.93. The van der Waals surface area contributed by atoms with E-state index in [1.807, 2.05) is 37.1 Å². The molecule has 0 fully saturated rings. The van der Waals surface area contributed by atoms with Crippen LogP contribution in [0.1, 0.15) is 17.7 Å². The first-order valence-corrected chi connectivity index (χ1v) is 7.42. The molecule has 0 aliphatic carbocycles. The van der Waals surface area contributed by atoms with Gasteiger partial charge in [0.25, 0.3) is 0 Å². The first-order valence-electron chi connectivity index (χ1n) is 7.05. The van der Waals surface area contributed by atoms with Gasteiger partial charge in [-0.25, -0.2) is 0 Å². The van der Waals surface area contributed by atoms with E-state index in [0.717, 1.165) is 30.8 Å². The van der Waals surface area contributed by atoms with E-state index in [2.05, 4.69) is 28.6 Å². The molecule has 3 nitrogen and oxygen atoms in total. The third-order valence-electron chi connectivity index (χ3n) is 3.66. The van der Waals surface area contributed by atoms with Gasteiger partial charge in [0, 0.05) is 24.0 Å². The quantitative estimate of drug-likeness (QED) is 0.849. The van der Waals surface area contributed by atoms with E-state index in [-0.39, 0.29) is 0 Å². The number of benzene rings is 1. The van der Waals surface area contributed by atoms with Crippen LogP contribution in [0.15, 0.2) is 36.5 Å². The molecule has 1 aromatic heterocycles. The maximum atomic E-state index is 5.93. The summed E-state index contributed by atoms with van der Waals surface area (Å²) < 4.78 is 1.96. The summed E-state index contributed by atoms with van der Waals surface area (Å²) in [6.45, 7) is 1.03. The number of nitrogens with zero attached hydrogens (tertiary/aromatic N) is 2. The Hall–Kier alpha value is -1.32. The average molecular weight is 292 g/mol. The van der Waals surface area contributed by atoms with Crippen molar-refractivity contribution in [2.45, 2.75) is 19.3 Å². The molecule has 0 radical (unpaired) electrons. The topological polar surface area (TPSA) is 29.9 Å². The lowest BCUT2D eigenvalue weighted by molar-refractivity contribution is 0.454. The molecule has 0 amide bonds. The SMILES string of the molecule is CNCC(CCc1ccnn1C)Cc1ccc(Cl)cc1. The van der Waals surface area contributed by atoms with Crippen molar-refractivity contribution in [2.75, 3.05) is 13.6 Å². The number of hydrogen-bond acceptors (Lipinski definition) is 2. The molecule has 1 N–H and O–H groups in total. The molecule has 0 aliphatic rings. The van der Waals surface area contributed by atoms with Crippen LogP contribution in [0.25, 0.3) is 0 Å². The van der Waals surface area contributed by atoms with Gasteiger partial charge in [-0.05, 0) is 62.5 Å². The zero-order valence-electron chi connectivity index (χ0n) is 12.1. The molecule has 1 unspecified atom stereocenters. The Kier molecular flexibility index (Phi) is 5.62. The standard InChI is InChI=1S/C16H22ClN3/c1-18-12-14(5-8-16-9-10-19-20(16)2)11-13-3-6-15(17)7-4-13/h3-4,6-7,9-10,14,18H,5,8,11-12H2,1-2H3. The second-order valence-corrected chi connectivity index (χ2v) is 5.68. The van der Waals surface area contributed by atoms with Crippen LogP contribution in [0.4, 0.5) is 0 Å². The van der Waals surface area contributed by atoms with Gasteiger partial charge in [-0.15, -0.1) is 0 Å². The Morgan fingerprint density at radius 3 is 2.60 bits per heavy atom. The van der Waals surface area contributed by atoms with Crippen LogP contribution in [0.5, 0.6) is 0 Å². The number of nitrogens with one attached hydrogen (secondary N) is 1. The van der Waals surface area contributed by atoms with Gasteiger partial charge >= 0.3 is 0 Å². The van der Waals surface area contributed by atoms with Crippen LogP contribution < -0.4 is 5.32 Å². The van der Waals surface area contributed by atoms with Crippen molar-refractivity contribution >= 4 is 11.6 Å². The van der Waals surface area contributed by atoms with Crippen LogP contribution in [0.3, 0.4) is 0 Å². The maximum absolute atomic E-state index is 5.93. The molecule has 108 valence electrons. The lowest BCUT2D eigenvalue weighted by Crippen LogP contribution is -2.21. The molecule has 1 heterocycles. The van der Waals surface area contributed by atoms with E-state index in [0.29, 0.717) is 5.92 Å². The van der Waals surface area contributed by atoms with Crippen LogP contribution in [0.2, 0.25) is 5.02 Å². The molecule has 0 saturated carbocycles. The molecule has 1 aromatic carbocycles. The van der Waals surface area contributed by atoms with E-state index in [9.17, 15) is 0 Å². The zero-order chi connectivity index (χ0) is 14.4. The molecule has 20 heavy (non-hydrogen) atoms. The van der Waals surface area contributed by atoms with Crippen LogP contribution >= 0.6 is 11.6 Å². The summed E-state index contributed by atoms with van der Waals surface area (Å²) in [5.74, 6) is 0.621. The van der Waals surface area contributed by atoms with Crippen LogP contribution in [0, 0.1) is 5.92 Å². The molecule has 2 aromatic rings. The summed E-state index contributed by atoms with van der Waals surface area (Å²) in [6.07, 6.45) is 5.16. The second-order valence-electron chi connectivity index (χ2n) is 5.24. The minimum Gasteiger partial charge on any atom is -0.319 e. The van der Waals surface area contributed by atoms with Gasteiger partial charge in [0.1, 0.15) is 0 Å². The fourth-order valence-corrected chi connectivity index (χ4v) is 2.64. The molecule has 4 heteroatoms. The summed E-state index contributed by atoms with van der Waals surface area (Å²) >= 11 is 5.93. The van der Waals surface area contributed by atoms with Gasteiger partial charge in [-0.3, -0.25) is 4.68 Å². The first kappa shape index (κ1) is 15.1. The number of hydrogen-bond donors (Lipinski definition) is 1. The van der Waals surface area contributed by atoms with Gasteiger partial charge in [-0.2, -0.15) is 5.10 Å². The van der Waals surface area contributed by atoms with Crippen molar-refractivity contribution in [3.63, 3.8) is 0 Å². The van der Waals surface area contributed by atoms with Crippen molar-refractivity contribution in [3.8, 4) is 0 Å². The third kappa shape index (κ3) is 4.36. The van der Waals surface area contributed by atoms with Crippen molar-refractivity contribution < 1.29 is 0 Å². The Bertz CT molecular complexity index is 519. The van der Waals surface area contributed by atoms with Crippen LogP contribution in [-0.2, 0) is 19.9 Å². The smallest absolute Gasteiger partial charge is 0.0492 e. The fourth-order valence-electron chi connectivity index (χ4n) is 2.52. The fraction of sp³-hybridized carbons (Fsp3) is 0.438.